The molecule has 0 radical (unpaired) electrons. The molecule has 0 aromatic heterocycles. The highest BCUT2D eigenvalue weighted by Gasteiger charge is 2.56. The van der Waals surface area contributed by atoms with Crippen LogP contribution in [0, 0.1) is 11.8 Å². The van der Waals surface area contributed by atoms with E-state index in [1.807, 2.05) is 0 Å². The van der Waals surface area contributed by atoms with Crippen molar-refractivity contribution in [2.75, 3.05) is 6.61 Å². The summed E-state index contributed by atoms with van der Waals surface area (Å²) in [5.41, 5.74) is 6.08. The first-order valence-electron chi connectivity index (χ1n) is 3.64. The standard InChI is InChI=1S/C7H13NO/c8-7-2-5(4-9)1-6(7)3-7/h5-6,9H,1-4,8H2. The second kappa shape index (κ2) is 1.50. The van der Waals surface area contributed by atoms with Crippen LogP contribution in [0.15, 0.2) is 0 Å². The van der Waals surface area contributed by atoms with Crippen molar-refractivity contribution in [3.05, 3.63) is 0 Å². The van der Waals surface area contributed by atoms with E-state index in [9.17, 15) is 0 Å². The molecule has 0 aromatic carbocycles. The second-order valence-corrected chi connectivity index (χ2v) is 3.62. The molecule has 2 saturated carbocycles. The van der Waals surface area contributed by atoms with Crippen molar-refractivity contribution in [2.45, 2.75) is 24.8 Å². The summed E-state index contributed by atoms with van der Waals surface area (Å²) in [6, 6.07) is 0. The number of nitrogens with two attached hydrogens (primary N) is 1. The molecule has 2 fully saturated rings. The van der Waals surface area contributed by atoms with Crippen molar-refractivity contribution >= 4 is 0 Å². The molecule has 2 aliphatic rings. The smallest absolute Gasteiger partial charge is 0.0460 e. The van der Waals surface area contributed by atoms with Gasteiger partial charge >= 0.3 is 0 Å². The minimum atomic E-state index is 0.174. The molecule has 2 aliphatic carbocycles. The Kier molecular flexibility index (Phi) is 0.945. The predicted molar refractivity (Wildman–Crippen MR) is 34.8 cm³/mol. The van der Waals surface area contributed by atoms with Gasteiger partial charge in [-0.1, -0.05) is 0 Å². The molecule has 0 aromatic rings. The van der Waals surface area contributed by atoms with Gasteiger partial charge < -0.3 is 10.8 Å². The predicted octanol–water partition coefficient (Wildman–Crippen LogP) is 0.106. The Labute approximate surface area is 55.1 Å². The molecule has 2 heteroatoms. The van der Waals surface area contributed by atoms with Gasteiger partial charge in [0.2, 0.25) is 0 Å². The molecule has 0 bridgehead atoms. The van der Waals surface area contributed by atoms with Crippen LogP contribution in [0.25, 0.3) is 0 Å². The third kappa shape index (κ3) is 0.700. The van der Waals surface area contributed by atoms with E-state index in [2.05, 4.69) is 0 Å². The van der Waals surface area contributed by atoms with Crippen LogP contribution in [0.4, 0.5) is 0 Å². The summed E-state index contributed by atoms with van der Waals surface area (Å²) in [6.45, 7) is 0.343. The Balaban J connectivity index is 1.98. The summed E-state index contributed by atoms with van der Waals surface area (Å²) >= 11 is 0. The molecular weight excluding hydrogens is 114 g/mol. The van der Waals surface area contributed by atoms with Crippen molar-refractivity contribution in [3.63, 3.8) is 0 Å². The second-order valence-electron chi connectivity index (χ2n) is 3.62. The zero-order valence-electron chi connectivity index (χ0n) is 5.51. The summed E-state index contributed by atoms with van der Waals surface area (Å²) in [4.78, 5) is 0. The van der Waals surface area contributed by atoms with E-state index in [4.69, 9.17) is 10.8 Å². The van der Waals surface area contributed by atoms with Gasteiger partial charge in [-0.15, -0.1) is 0 Å². The Morgan fingerprint density at radius 2 is 2.33 bits per heavy atom. The van der Waals surface area contributed by atoms with Gasteiger partial charge in [-0.3, -0.25) is 0 Å². The molecule has 2 rings (SSSR count). The molecule has 0 saturated heterocycles. The fraction of sp³-hybridized carbons (Fsp3) is 1.00. The minimum Gasteiger partial charge on any atom is -0.396 e. The lowest BCUT2D eigenvalue weighted by atomic mass is 10.0. The van der Waals surface area contributed by atoms with Crippen LogP contribution in [-0.2, 0) is 0 Å². The molecule has 2 nitrogen and oxygen atoms in total. The number of hydrogen-bond donors (Lipinski definition) is 2. The van der Waals surface area contributed by atoms with Crippen LogP contribution in [0.5, 0.6) is 0 Å². The Morgan fingerprint density at radius 1 is 1.56 bits per heavy atom. The zero-order valence-corrected chi connectivity index (χ0v) is 5.51. The summed E-state index contributed by atoms with van der Waals surface area (Å²) in [6.07, 6.45) is 3.45. The molecule has 0 spiro atoms. The van der Waals surface area contributed by atoms with E-state index in [0.717, 1.165) is 12.3 Å². The first-order valence-corrected chi connectivity index (χ1v) is 3.64. The van der Waals surface area contributed by atoms with E-state index < -0.39 is 0 Å². The van der Waals surface area contributed by atoms with Gasteiger partial charge in [0, 0.05) is 12.1 Å². The topological polar surface area (TPSA) is 46.2 Å². The molecule has 9 heavy (non-hydrogen) atoms. The highest BCUT2D eigenvalue weighted by molar-refractivity contribution is 5.13. The number of aliphatic hydroxyl groups excluding tert-OH is 1. The summed E-state index contributed by atoms with van der Waals surface area (Å²) in [5.74, 6) is 1.28. The van der Waals surface area contributed by atoms with E-state index >= 15 is 0 Å². The van der Waals surface area contributed by atoms with Gasteiger partial charge in [-0.2, -0.15) is 0 Å². The van der Waals surface area contributed by atoms with E-state index in [-0.39, 0.29) is 5.54 Å². The van der Waals surface area contributed by atoms with Gasteiger partial charge in [0.25, 0.3) is 0 Å². The van der Waals surface area contributed by atoms with E-state index in [1.165, 1.54) is 12.8 Å². The lowest BCUT2D eigenvalue weighted by Gasteiger charge is -2.08. The summed E-state index contributed by atoms with van der Waals surface area (Å²) < 4.78 is 0. The molecule has 0 heterocycles. The van der Waals surface area contributed by atoms with Gasteiger partial charge in [-0.05, 0) is 31.1 Å². The number of rotatable bonds is 1. The van der Waals surface area contributed by atoms with Gasteiger partial charge in [0.05, 0.1) is 0 Å². The van der Waals surface area contributed by atoms with Crippen LogP contribution in [-0.4, -0.2) is 17.3 Å². The molecule has 0 amide bonds. The van der Waals surface area contributed by atoms with Crippen LogP contribution < -0.4 is 5.73 Å². The third-order valence-electron chi connectivity index (χ3n) is 2.82. The van der Waals surface area contributed by atoms with Crippen molar-refractivity contribution in [2.24, 2.45) is 17.6 Å². The minimum absolute atomic E-state index is 0.174. The average Bonchev–Trinajstić information content (AvgIpc) is 2.33. The molecule has 0 aliphatic heterocycles. The van der Waals surface area contributed by atoms with Gasteiger partial charge in [0.1, 0.15) is 0 Å². The van der Waals surface area contributed by atoms with Crippen molar-refractivity contribution < 1.29 is 5.11 Å². The molecular formula is C7H13NO. The molecule has 3 unspecified atom stereocenters. The fourth-order valence-electron chi connectivity index (χ4n) is 2.13. The Morgan fingerprint density at radius 3 is 2.67 bits per heavy atom. The van der Waals surface area contributed by atoms with E-state index in [0.29, 0.717) is 12.5 Å². The molecule has 3 atom stereocenters. The van der Waals surface area contributed by atoms with Crippen molar-refractivity contribution in [1.29, 1.82) is 0 Å². The fourth-order valence-corrected chi connectivity index (χ4v) is 2.13. The van der Waals surface area contributed by atoms with Gasteiger partial charge in [-0.25, -0.2) is 0 Å². The normalized spacial score (nSPS) is 55.3. The highest BCUT2D eigenvalue weighted by Crippen LogP contribution is 2.55. The third-order valence-corrected chi connectivity index (χ3v) is 2.82. The largest absolute Gasteiger partial charge is 0.396 e. The van der Waals surface area contributed by atoms with Crippen LogP contribution >= 0.6 is 0 Å². The maximum atomic E-state index is 8.76. The van der Waals surface area contributed by atoms with Crippen LogP contribution in [0.1, 0.15) is 19.3 Å². The SMILES string of the molecule is NC12CC(CO)CC1C2. The maximum absolute atomic E-state index is 8.76. The van der Waals surface area contributed by atoms with Crippen molar-refractivity contribution in [3.8, 4) is 0 Å². The number of hydrogen-bond acceptors (Lipinski definition) is 2. The van der Waals surface area contributed by atoms with Crippen molar-refractivity contribution in [1.82, 2.24) is 0 Å². The first-order chi connectivity index (χ1) is 4.24. The van der Waals surface area contributed by atoms with Crippen LogP contribution in [0.2, 0.25) is 0 Å². The monoisotopic (exact) mass is 127 g/mol. The lowest BCUT2D eigenvalue weighted by Crippen LogP contribution is -2.22. The summed E-state index contributed by atoms with van der Waals surface area (Å²) in [5, 5.41) is 8.76. The number of fused-ring (bicyclic) bond motifs is 1. The quantitative estimate of drug-likeness (QED) is 0.525. The Bertz CT molecular complexity index is 137. The Hall–Kier alpha value is -0.0800. The molecule has 52 valence electrons. The lowest BCUT2D eigenvalue weighted by molar-refractivity contribution is 0.218. The van der Waals surface area contributed by atoms with Gasteiger partial charge in [0.15, 0.2) is 0 Å². The average molecular weight is 127 g/mol. The van der Waals surface area contributed by atoms with E-state index in [1.54, 1.807) is 0 Å². The molecule has 3 N–H and O–H groups in total. The number of aliphatic hydroxyl groups is 1. The zero-order chi connectivity index (χ0) is 6.48. The van der Waals surface area contributed by atoms with Crippen LogP contribution in [0.3, 0.4) is 0 Å². The summed E-state index contributed by atoms with van der Waals surface area (Å²) in [7, 11) is 0. The maximum Gasteiger partial charge on any atom is 0.0460 e. The first kappa shape index (κ1) is 5.69. The highest BCUT2D eigenvalue weighted by atomic mass is 16.3.